The summed E-state index contributed by atoms with van der Waals surface area (Å²) in [5.74, 6) is -0.00715. The largest absolute Gasteiger partial charge is 0.354 e. The van der Waals surface area contributed by atoms with Crippen LogP contribution < -0.4 is 10.6 Å². The fourth-order valence-electron chi connectivity index (χ4n) is 3.65. The van der Waals surface area contributed by atoms with Crippen molar-refractivity contribution in [2.75, 3.05) is 11.9 Å². The Labute approximate surface area is 148 Å². The van der Waals surface area contributed by atoms with Crippen LogP contribution in [-0.4, -0.2) is 35.3 Å². The van der Waals surface area contributed by atoms with Gasteiger partial charge in [0.1, 0.15) is 6.04 Å². The Morgan fingerprint density at radius 1 is 1.04 bits per heavy atom. The molecule has 1 aromatic rings. The molecule has 25 heavy (non-hydrogen) atoms. The molecule has 3 rings (SSSR count). The van der Waals surface area contributed by atoms with Gasteiger partial charge in [0, 0.05) is 18.7 Å². The second kappa shape index (κ2) is 8.14. The molecule has 134 valence electrons. The number of amides is 4. The summed E-state index contributed by atoms with van der Waals surface area (Å²) < 4.78 is 0. The van der Waals surface area contributed by atoms with Crippen LogP contribution in [0, 0.1) is 5.92 Å². The smallest absolute Gasteiger partial charge is 0.329 e. The van der Waals surface area contributed by atoms with Gasteiger partial charge in [-0.1, -0.05) is 37.5 Å². The van der Waals surface area contributed by atoms with Crippen molar-refractivity contribution >= 4 is 23.5 Å². The first-order valence-corrected chi connectivity index (χ1v) is 9.11. The maximum Gasteiger partial charge on any atom is 0.329 e. The van der Waals surface area contributed by atoms with Crippen molar-refractivity contribution in [3.05, 3.63) is 30.3 Å². The van der Waals surface area contributed by atoms with Crippen molar-refractivity contribution in [3.63, 3.8) is 0 Å². The number of likely N-dealkylation sites (tertiary alicyclic amines) is 1. The van der Waals surface area contributed by atoms with Crippen molar-refractivity contribution in [2.24, 2.45) is 5.92 Å². The summed E-state index contributed by atoms with van der Waals surface area (Å²) in [4.78, 5) is 38.2. The number of hydrogen-bond acceptors (Lipinski definition) is 3. The number of para-hydroxylation sites is 1. The number of carbonyl (C=O) groups is 3. The van der Waals surface area contributed by atoms with Crippen LogP contribution in [0.4, 0.5) is 10.5 Å². The third kappa shape index (κ3) is 4.38. The lowest BCUT2D eigenvalue weighted by atomic mass is 9.89. The molecule has 1 saturated carbocycles. The summed E-state index contributed by atoms with van der Waals surface area (Å²) >= 11 is 0. The molecule has 0 aromatic heterocycles. The van der Waals surface area contributed by atoms with Gasteiger partial charge in [-0.15, -0.1) is 0 Å². The summed E-state index contributed by atoms with van der Waals surface area (Å²) in [6.07, 6.45) is 6.60. The Hall–Kier alpha value is -2.37. The maximum absolute atomic E-state index is 12.5. The van der Waals surface area contributed by atoms with Gasteiger partial charge in [-0.2, -0.15) is 0 Å². The number of urea groups is 1. The lowest BCUT2D eigenvalue weighted by Crippen LogP contribution is -2.49. The number of nitrogens with one attached hydrogen (secondary N) is 2. The van der Waals surface area contributed by atoms with E-state index in [1.165, 1.54) is 19.3 Å². The molecule has 1 aliphatic heterocycles. The number of carbonyl (C=O) groups excluding carboxylic acids is 3. The summed E-state index contributed by atoms with van der Waals surface area (Å²) in [5.41, 5.74) is 0.605. The standard InChI is InChI=1S/C19H25N3O3/c23-17-12-11-16(18(24)20-13-14-7-3-1-4-8-14)22(17)19(25)21-15-9-5-2-6-10-15/h2,5-6,9-10,14,16H,1,3-4,7-8,11-13H2,(H,20,24)(H,21,25). The van der Waals surface area contributed by atoms with Gasteiger partial charge < -0.3 is 10.6 Å². The average molecular weight is 343 g/mol. The first-order valence-electron chi connectivity index (χ1n) is 9.11. The molecule has 6 nitrogen and oxygen atoms in total. The van der Waals surface area contributed by atoms with Gasteiger partial charge in [-0.25, -0.2) is 4.79 Å². The molecule has 1 unspecified atom stereocenters. The summed E-state index contributed by atoms with van der Waals surface area (Å²) in [5, 5.41) is 5.64. The van der Waals surface area contributed by atoms with E-state index in [9.17, 15) is 14.4 Å². The second-order valence-electron chi connectivity index (χ2n) is 6.86. The third-order valence-corrected chi connectivity index (χ3v) is 5.05. The molecule has 2 aliphatic rings. The molecule has 0 radical (unpaired) electrons. The van der Waals surface area contributed by atoms with Gasteiger partial charge in [0.2, 0.25) is 11.8 Å². The first kappa shape index (κ1) is 17.5. The predicted molar refractivity (Wildman–Crippen MR) is 94.9 cm³/mol. The fraction of sp³-hybridized carbons (Fsp3) is 0.526. The topological polar surface area (TPSA) is 78.5 Å². The number of nitrogens with zero attached hydrogens (tertiary/aromatic N) is 1. The fourth-order valence-corrected chi connectivity index (χ4v) is 3.65. The highest BCUT2D eigenvalue weighted by Gasteiger charge is 2.40. The average Bonchev–Trinajstić information content (AvgIpc) is 3.03. The van der Waals surface area contributed by atoms with Gasteiger partial charge in [0.25, 0.3) is 0 Å². The van der Waals surface area contributed by atoms with E-state index in [1.807, 2.05) is 6.07 Å². The molecule has 1 aliphatic carbocycles. The Bertz CT molecular complexity index is 626. The molecule has 1 heterocycles. The molecule has 2 fully saturated rings. The Balaban J connectivity index is 1.58. The summed E-state index contributed by atoms with van der Waals surface area (Å²) in [7, 11) is 0. The van der Waals surface area contributed by atoms with Crippen LogP contribution in [0.15, 0.2) is 30.3 Å². The van der Waals surface area contributed by atoms with Crippen LogP contribution in [0.1, 0.15) is 44.9 Å². The van der Waals surface area contributed by atoms with E-state index in [2.05, 4.69) is 10.6 Å². The van der Waals surface area contributed by atoms with Crippen molar-refractivity contribution in [3.8, 4) is 0 Å². The Morgan fingerprint density at radius 2 is 1.76 bits per heavy atom. The minimum atomic E-state index is -0.709. The third-order valence-electron chi connectivity index (χ3n) is 5.05. The molecule has 2 N–H and O–H groups in total. The zero-order valence-electron chi connectivity index (χ0n) is 14.4. The van der Waals surface area contributed by atoms with Crippen molar-refractivity contribution in [1.29, 1.82) is 0 Å². The van der Waals surface area contributed by atoms with Crippen LogP contribution in [0.5, 0.6) is 0 Å². The minimum Gasteiger partial charge on any atom is -0.354 e. The number of imide groups is 1. The zero-order chi connectivity index (χ0) is 17.6. The van der Waals surface area contributed by atoms with Crippen LogP contribution in [0.25, 0.3) is 0 Å². The van der Waals surface area contributed by atoms with E-state index in [-0.39, 0.29) is 18.2 Å². The molecular formula is C19H25N3O3. The van der Waals surface area contributed by atoms with E-state index in [0.717, 1.165) is 17.7 Å². The van der Waals surface area contributed by atoms with Crippen LogP contribution in [-0.2, 0) is 9.59 Å². The number of benzene rings is 1. The highest BCUT2D eigenvalue weighted by molar-refractivity contribution is 6.06. The minimum absolute atomic E-state index is 0.223. The lowest BCUT2D eigenvalue weighted by molar-refractivity contribution is -0.132. The molecule has 1 atom stereocenters. The van der Waals surface area contributed by atoms with Crippen LogP contribution in [0.3, 0.4) is 0 Å². The molecular weight excluding hydrogens is 318 g/mol. The van der Waals surface area contributed by atoms with Crippen molar-refractivity contribution in [1.82, 2.24) is 10.2 Å². The summed E-state index contributed by atoms with van der Waals surface area (Å²) in [6, 6.07) is 7.70. The second-order valence-corrected chi connectivity index (χ2v) is 6.86. The lowest BCUT2D eigenvalue weighted by Gasteiger charge is -2.25. The molecule has 6 heteroatoms. The summed E-state index contributed by atoms with van der Waals surface area (Å²) in [6.45, 7) is 0.637. The van der Waals surface area contributed by atoms with E-state index >= 15 is 0 Å². The molecule has 4 amide bonds. The maximum atomic E-state index is 12.5. The van der Waals surface area contributed by atoms with E-state index in [0.29, 0.717) is 24.6 Å². The highest BCUT2D eigenvalue weighted by atomic mass is 16.2. The molecule has 0 spiro atoms. The highest BCUT2D eigenvalue weighted by Crippen LogP contribution is 2.24. The number of rotatable bonds is 4. The number of anilines is 1. The van der Waals surface area contributed by atoms with Crippen molar-refractivity contribution < 1.29 is 14.4 Å². The van der Waals surface area contributed by atoms with Crippen LogP contribution >= 0.6 is 0 Å². The zero-order valence-corrected chi connectivity index (χ0v) is 14.4. The normalized spacial score (nSPS) is 21.2. The van der Waals surface area contributed by atoms with Crippen LogP contribution in [0.2, 0.25) is 0 Å². The Morgan fingerprint density at radius 3 is 2.48 bits per heavy atom. The number of hydrogen-bond donors (Lipinski definition) is 2. The van der Waals surface area contributed by atoms with Gasteiger partial charge in [0.15, 0.2) is 0 Å². The van der Waals surface area contributed by atoms with E-state index in [4.69, 9.17) is 0 Å². The predicted octanol–water partition coefficient (Wildman–Crippen LogP) is 2.91. The van der Waals surface area contributed by atoms with E-state index in [1.54, 1.807) is 24.3 Å². The molecule has 0 bridgehead atoms. The Kier molecular flexibility index (Phi) is 5.68. The monoisotopic (exact) mass is 343 g/mol. The van der Waals surface area contributed by atoms with Gasteiger partial charge in [-0.05, 0) is 37.3 Å². The van der Waals surface area contributed by atoms with Gasteiger partial charge >= 0.3 is 6.03 Å². The van der Waals surface area contributed by atoms with Gasteiger partial charge in [-0.3, -0.25) is 14.5 Å². The SMILES string of the molecule is O=C(NCC1CCCCC1)C1CCC(=O)N1C(=O)Nc1ccccc1. The molecule has 1 saturated heterocycles. The van der Waals surface area contributed by atoms with E-state index < -0.39 is 12.1 Å². The first-order chi connectivity index (χ1) is 12.1. The quantitative estimate of drug-likeness (QED) is 0.882. The van der Waals surface area contributed by atoms with Gasteiger partial charge in [0.05, 0.1) is 0 Å². The van der Waals surface area contributed by atoms with Crippen molar-refractivity contribution in [2.45, 2.75) is 51.0 Å². The molecule has 1 aromatic carbocycles.